The van der Waals surface area contributed by atoms with Gasteiger partial charge in [-0.25, -0.2) is 8.78 Å². The zero-order valence-electron chi connectivity index (χ0n) is 9.09. The molecule has 17 heavy (non-hydrogen) atoms. The van der Waals surface area contributed by atoms with E-state index in [-0.39, 0.29) is 18.7 Å². The first kappa shape index (κ1) is 11.5. The second kappa shape index (κ2) is 4.12. The Balaban J connectivity index is 2.48. The van der Waals surface area contributed by atoms with E-state index in [2.05, 4.69) is 5.32 Å². The van der Waals surface area contributed by atoms with Crippen molar-refractivity contribution in [2.45, 2.75) is 6.92 Å². The SMILES string of the molecule is Cc1ccc(F)c(N2CC(=O)NCC2=O)c1F. The van der Waals surface area contributed by atoms with Crippen LogP contribution in [0.3, 0.4) is 0 Å². The quantitative estimate of drug-likeness (QED) is 0.787. The molecule has 1 aromatic carbocycles. The second-order valence-electron chi connectivity index (χ2n) is 3.78. The van der Waals surface area contributed by atoms with Gasteiger partial charge in [0.2, 0.25) is 11.8 Å². The first-order valence-electron chi connectivity index (χ1n) is 5.02. The van der Waals surface area contributed by atoms with E-state index in [9.17, 15) is 18.4 Å². The number of carbonyl (C=O) groups excluding carboxylic acids is 2. The van der Waals surface area contributed by atoms with Crippen LogP contribution >= 0.6 is 0 Å². The summed E-state index contributed by atoms with van der Waals surface area (Å²) in [4.78, 5) is 23.5. The summed E-state index contributed by atoms with van der Waals surface area (Å²) >= 11 is 0. The first-order valence-corrected chi connectivity index (χ1v) is 5.02. The van der Waals surface area contributed by atoms with E-state index in [1.165, 1.54) is 13.0 Å². The van der Waals surface area contributed by atoms with Crippen LogP contribution in [0.5, 0.6) is 0 Å². The minimum Gasteiger partial charge on any atom is -0.345 e. The highest BCUT2D eigenvalue weighted by Crippen LogP contribution is 2.26. The molecule has 1 fully saturated rings. The molecule has 1 aromatic rings. The Morgan fingerprint density at radius 2 is 2.00 bits per heavy atom. The Morgan fingerprint density at radius 1 is 1.29 bits per heavy atom. The third-order valence-electron chi connectivity index (χ3n) is 2.57. The highest BCUT2D eigenvalue weighted by atomic mass is 19.1. The molecule has 1 aliphatic heterocycles. The molecule has 6 heteroatoms. The topological polar surface area (TPSA) is 49.4 Å². The molecule has 90 valence electrons. The van der Waals surface area contributed by atoms with Crippen molar-refractivity contribution in [3.63, 3.8) is 0 Å². The van der Waals surface area contributed by atoms with Gasteiger partial charge in [-0.15, -0.1) is 0 Å². The van der Waals surface area contributed by atoms with Crippen molar-refractivity contribution < 1.29 is 18.4 Å². The van der Waals surface area contributed by atoms with E-state index in [4.69, 9.17) is 0 Å². The Hall–Kier alpha value is -1.98. The van der Waals surface area contributed by atoms with Crippen LogP contribution < -0.4 is 10.2 Å². The van der Waals surface area contributed by atoms with Crippen molar-refractivity contribution in [2.75, 3.05) is 18.0 Å². The fourth-order valence-electron chi connectivity index (χ4n) is 1.65. The van der Waals surface area contributed by atoms with E-state index in [1.807, 2.05) is 0 Å². The van der Waals surface area contributed by atoms with Crippen molar-refractivity contribution >= 4 is 17.5 Å². The van der Waals surface area contributed by atoms with Crippen LogP contribution in [0.2, 0.25) is 0 Å². The molecule has 2 rings (SSSR count). The summed E-state index contributed by atoms with van der Waals surface area (Å²) in [5, 5.41) is 2.31. The molecule has 0 unspecified atom stereocenters. The van der Waals surface area contributed by atoms with Crippen molar-refractivity contribution in [2.24, 2.45) is 0 Å². The first-order chi connectivity index (χ1) is 8.00. The van der Waals surface area contributed by atoms with E-state index >= 15 is 0 Å². The van der Waals surface area contributed by atoms with Gasteiger partial charge in [0, 0.05) is 0 Å². The lowest BCUT2D eigenvalue weighted by Gasteiger charge is -2.27. The highest BCUT2D eigenvalue weighted by molar-refractivity contribution is 6.04. The molecule has 0 bridgehead atoms. The van der Waals surface area contributed by atoms with Crippen LogP contribution in [-0.4, -0.2) is 24.9 Å². The lowest BCUT2D eigenvalue weighted by atomic mass is 10.1. The Morgan fingerprint density at radius 3 is 2.71 bits per heavy atom. The summed E-state index contributed by atoms with van der Waals surface area (Å²) in [6.45, 7) is 0.856. The largest absolute Gasteiger partial charge is 0.345 e. The van der Waals surface area contributed by atoms with Crippen LogP contribution in [-0.2, 0) is 9.59 Å². The van der Waals surface area contributed by atoms with Crippen molar-refractivity contribution in [3.05, 3.63) is 29.3 Å². The molecule has 0 saturated carbocycles. The summed E-state index contributed by atoms with van der Waals surface area (Å²) in [6.07, 6.45) is 0. The van der Waals surface area contributed by atoms with Gasteiger partial charge in [0.05, 0.1) is 6.54 Å². The zero-order valence-corrected chi connectivity index (χ0v) is 9.09. The third kappa shape index (κ3) is 1.98. The van der Waals surface area contributed by atoms with Crippen molar-refractivity contribution in [1.82, 2.24) is 5.32 Å². The van der Waals surface area contributed by atoms with E-state index in [0.29, 0.717) is 0 Å². The van der Waals surface area contributed by atoms with Gasteiger partial charge < -0.3 is 5.32 Å². The number of piperazine rings is 1. The number of hydrogen-bond acceptors (Lipinski definition) is 2. The van der Waals surface area contributed by atoms with Gasteiger partial charge in [0.15, 0.2) is 5.82 Å². The smallest absolute Gasteiger partial charge is 0.247 e. The second-order valence-corrected chi connectivity index (χ2v) is 3.78. The maximum absolute atomic E-state index is 13.8. The lowest BCUT2D eigenvalue weighted by Crippen LogP contribution is -2.52. The summed E-state index contributed by atoms with van der Waals surface area (Å²) in [7, 11) is 0. The van der Waals surface area contributed by atoms with Gasteiger partial charge in [-0.1, -0.05) is 6.07 Å². The van der Waals surface area contributed by atoms with Crippen LogP contribution in [0, 0.1) is 18.6 Å². The molecule has 1 aliphatic rings. The van der Waals surface area contributed by atoms with E-state index in [0.717, 1.165) is 11.0 Å². The Kier molecular flexibility index (Phi) is 2.79. The molecular weight excluding hydrogens is 230 g/mol. The molecule has 2 amide bonds. The summed E-state index contributed by atoms with van der Waals surface area (Å²) in [5.41, 5.74) is -0.231. The molecule has 0 atom stereocenters. The number of nitrogens with one attached hydrogen (secondary N) is 1. The number of benzene rings is 1. The van der Waals surface area contributed by atoms with E-state index < -0.39 is 29.1 Å². The number of aryl methyl sites for hydroxylation is 1. The Labute approximate surface area is 96.2 Å². The van der Waals surface area contributed by atoms with Crippen molar-refractivity contribution in [3.8, 4) is 0 Å². The van der Waals surface area contributed by atoms with Gasteiger partial charge >= 0.3 is 0 Å². The average Bonchev–Trinajstić information content (AvgIpc) is 2.29. The number of nitrogens with zero attached hydrogens (tertiary/aromatic N) is 1. The summed E-state index contributed by atoms with van der Waals surface area (Å²) in [5.74, 6) is -2.64. The maximum Gasteiger partial charge on any atom is 0.247 e. The predicted molar refractivity (Wildman–Crippen MR) is 56.5 cm³/mol. The minimum absolute atomic E-state index is 0.222. The maximum atomic E-state index is 13.8. The van der Waals surface area contributed by atoms with Crippen molar-refractivity contribution in [1.29, 1.82) is 0 Å². The number of carbonyl (C=O) groups is 2. The van der Waals surface area contributed by atoms with E-state index in [1.54, 1.807) is 0 Å². The number of amides is 2. The standard InChI is InChI=1S/C11H10F2N2O2/c1-6-2-3-7(12)11(10(6)13)15-5-8(16)14-4-9(15)17/h2-3H,4-5H2,1H3,(H,14,16). The lowest BCUT2D eigenvalue weighted by molar-refractivity contribution is -0.128. The highest BCUT2D eigenvalue weighted by Gasteiger charge is 2.29. The number of hydrogen-bond donors (Lipinski definition) is 1. The van der Waals surface area contributed by atoms with Crippen LogP contribution in [0.15, 0.2) is 12.1 Å². The van der Waals surface area contributed by atoms with Crippen LogP contribution in [0.4, 0.5) is 14.5 Å². The van der Waals surface area contributed by atoms with Gasteiger partial charge in [-0.3, -0.25) is 14.5 Å². The fourth-order valence-corrected chi connectivity index (χ4v) is 1.65. The summed E-state index contributed by atoms with van der Waals surface area (Å²) < 4.78 is 27.3. The fraction of sp³-hybridized carbons (Fsp3) is 0.273. The minimum atomic E-state index is -0.851. The van der Waals surface area contributed by atoms with Gasteiger partial charge in [0.1, 0.15) is 18.0 Å². The number of anilines is 1. The Bertz CT molecular complexity index is 502. The molecule has 1 N–H and O–H groups in total. The van der Waals surface area contributed by atoms with Crippen LogP contribution in [0.1, 0.15) is 5.56 Å². The molecule has 1 heterocycles. The monoisotopic (exact) mass is 240 g/mol. The zero-order chi connectivity index (χ0) is 12.6. The average molecular weight is 240 g/mol. The molecule has 0 aromatic heterocycles. The van der Waals surface area contributed by atoms with Gasteiger partial charge in [0.25, 0.3) is 0 Å². The molecule has 0 spiro atoms. The molecule has 0 radical (unpaired) electrons. The molecule has 4 nitrogen and oxygen atoms in total. The van der Waals surface area contributed by atoms with Gasteiger partial charge in [-0.05, 0) is 18.6 Å². The summed E-state index contributed by atoms with van der Waals surface area (Å²) in [6, 6.07) is 2.36. The number of halogens is 2. The predicted octanol–water partition coefficient (Wildman–Crippen LogP) is 0.736. The molecular formula is C11H10F2N2O2. The van der Waals surface area contributed by atoms with Gasteiger partial charge in [-0.2, -0.15) is 0 Å². The third-order valence-corrected chi connectivity index (χ3v) is 2.57. The molecule has 0 aliphatic carbocycles. The van der Waals surface area contributed by atoms with Crippen LogP contribution in [0.25, 0.3) is 0 Å². The molecule has 1 saturated heterocycles. The normalized spacial score (nSPS) is 16.1. The number of rotatable bonds is 1.